The fourth-order valence-corrected chi connectivity index (χ4v) is 3.31. The molecule has 0 spiro atoms. The van der Waals surface area contributed by atoms with Gasteiger partial charge in [-0.1, -0.05) is 29.8 Å². The Bertz CT molecular complexity index is 535. The molecule has 1 aliphatic rings. The first-order chi connectivity index (χ1) is 9.83. The third-order valence-electron chi connectivity index (χ3n) is 3.92. The molecular weight excluding hydrogens is 336 g/mol. The van der Waals surface area contributed by atoms with E-state index in [0.717, 1.165) is 22.9 Å². The van der Waals surface area contributed by atoms with E-state index < -0.39 is 11.4 Å². The lowest BCUT2D eigenvalue weighted by Gasteiger charge is -2.30. The minimum atomic E-state index is -0.816. The highest BCUT2D eigenvalue weighted by atomic mass is 79.9. The molecule has 1 aliphatic carbocycles. The number of benzene rings is 1. The molecule has 1 saturated carbocycles. The summed E-state index contributed by atoms with van der Waals surface area (Å²) in [7, 11) is 1.61. The summed E-state index contributed by atoms with van der Waals surface area (Å²) in [5.41, 5.74) is 0.425. The predicted octanol–water partition coefficient (Wildman–Crippen LogP) is 4.14. The summed E-state index contributed by atoms with van der Waals surface area (Å²) in [6, 6.07) is 3.76. The molecule has 0 aromatic heterocycles. The van der Waals surface area contributed by atoms with Crippen molar-refractivity contribution in [3.63, 3.8) is 0 Å². The van der Waals surface area contributed by atoms with Gasteiger partial charge in [-0.3, -0.25) is 4.79 Å². The summed E-state index contributed by atoms with van der Waals surface area (Å²) >= 11 is 3.52. The highest BCUT2D eigenvalue weighted by Crippen LogP contribution is 2.41. The van der Waals surface area contributed by atoms with E-state index in [2.05, 4.69) is 15.9 Å². The highest BCUT2D eigenvalue weighted by Gasteiger charge is 2.29. The van der Waals surface area contributed by atoms with Gasteiger partial charge in [0.1, 0.15) is 0 Å². The molecular formula is C16H21BrO4. The Hall–Kier alpha value is -1.23. The minimum absolute atomic E-state index is 0.0563. The molecule has 1 N–H and O–H groups in total. The summed E-state index contributed by atoms with van der Waals surface area (Å²) < 4.78 is 12.2. The second-order valence-corrected chi connectivity index (χ2v) is 6.96. The van der Waals surface area contributed by atoms with Crippen molar-refractivity contribution in [3.8, 4) is 11.5 Å². The van der Waals surface area contributed by atoms with Crippen molar-refractivity contribution in [1.82, 2.24) is 0 Å². The van der Waals surface area contributed by atoms with Gasteiger partial charge in [-0.15, -0.1) is 0 Å². The molecule has 4 nitrogen and oxygen atoms in total. The van der Waals surface area contributed by atoms with Crippen LogP contribution >= 0.6 is 15.9 Å². The van der Waals surface area contributed by atoms with Crippen LogP contribution in [0.5, 0.6) is 11.5 Å². The average molecular weight is 357 g/mol. The normalized spacial score (nSPS) is 15.4. The van der Waals surface area contributed by atoms with Crippen LogP contribution in [0.3, 0.4) is 0 Å². The molecule has 0 aliphatic heterocycles. The van der Waals surface area contributed by atoms with Crippen LogP contribution in [0.4, 0.5) is 0 Å². The molecule has 1 aromatic rings. The van der Waals surface area contributed by atoms with Gasteiger partial charge in [-0.2, -0.15) is 0 Å². The van der Waals surface area contributed by atoms with Gasteiger partial charge >= 0.3 is 5.97 Å². The third-order valence-corrected chi connectivity index (χ3v) is 4.58. The van der Waals surface area contributed by atoms with Gasteiger partial charge in [0, 0.05) is 9.89 Å². The maximum atomic E-state index is 11.1. The number of hydrogen-bond donors (Lipinski definition) is 1. The molecule has 1 fully saturated rings. The quantitative estimate of drug-likeness (QED) is 0.831. The molecule has 0 bridgehead atoms. The van der Waals surface area contributed by atoms with Crippen LogP contribution in [0.1, 0.15) is 45.1 Å². The number of carbonyl (C=O) groups is 1. The van der Waals surface area contributed by atoms with Gasteiger partial charge in [-0.25, -0.2) is 0 Å². The summed E-state index contributed by atoms with van der Waals surface area (Å²) in [5, 5.41) is 9.09. The smallest absolute Gasteiger partial charge is 0.304 e. The molecule has 5 heteroatoms. The second kappa shape index (κ2) is 6.26. The predicted molar refractivity (Wildman–Crippen MR) is 84.2 cm³/mol. The number of aliphatic carboxylic acids is 1. The maximum absolute atomic E-state index is 11.1. The van der Waals surface area contributed by atoms with Gasteiger partial charge < -0.3 is 14.6 Å². The number of carboxylic acid groups (broad SMARTS) is 1. The first-order valence-electron chi connectivity index (χ1n) is 7.10. The summed E-state index contributed by atoms with van der Waals surface area (Å²) in [4.78, 5) is 11.1. The van der Waals surface area contributed by atoms with Gasteiger partial charge in [0.25, 0.3) is 0 Å². The minimum Gasteiger partial charge on any atom is -0.493 e. The molecule has 0 heterocycles. The van der Waals surface area contributed by atoms with Crippen LogP contribution in [-0.2, 0) is 10.2 Å². The molecule has 0 unspecified atom stereocenters. The molecule has 2 rings (SSSR count). The maximum Gasteiger partial charge on any atom is 0.304 e. The number of ether oxygens (including phenoxy) is 2. The fraction of sp³-hybridized carbons (Fsp3) is 0.562. The van der Waals surface area contributed by atoms with Crippen molar-refractivity contribution in [2.24, 2.45) is 0 Å². The second-order valence-electron chi connectivity index (χ2n) is 6.11. The van der Waals surface area contributed by atoms with Gasteiger partial charge in [0.05, 0.1) is 19.6 Å². The van der Waals surface area contributed by atoms with E-state index in [1.807, 2.05) is 26.0 Å². The number of methoxy groups -OCH3 is 1. The van der Waals surface area contributed by atoms with E-state index in [1.165, 1.54) is 6.42 Å². The zero-order valence-electron chi connectivity index (χ0n) is 12.6. The van der Waals surface area contributed by atoms with Crippen LogP contribution in [0.25, 0.3) is 0 Å². The van der Waals surface area contributed by atoms with Crippen LogP contribution in [0.15, 0.2) is 16.6 Å². The number of carboxylic acids is 1. The van der Waals surface area contributed by atoms with Crippen LogP contribution in [-0.4, -0.2) is 24.3 Å². The zero-order valence-corrected chi connectivity index (χ0v) is 14.2. The van der Waals surface area contributed by atoms with E-state index in [-0.39, 0.29) is 12.5 Å². The van der Waals surface area contributed by atoms with Gasteiger partial charge in [-0.05, 0) is 37.0 Å². The first-order valence-corrected chi connectivity index (χ1v) is 7.89. The average Bonchev–Trinajstić information content (AvgIpc) is 2.32. The number of hydrogen-bond acceptors (Lipinski definition) is 3. The summed E-state index contributed by atoms with van der Waals surface area (Å²) in [6.07, 6.45) is 3.62. The van der Waals surface area contributed by atoms with E-state index >= 15 is 0 Å². The Kier molecular flexibility index (Phi) is 4.81. The van der Waals surface area contributed by atoms with E-state index in [0.29, 0.717) is 11.5 Å². The van der Waals surface area contributed by atoms with E-state index in [1.54, 1.807) is 7.11 Å². The standard InChI is InChI=1S/C16H21BrO4/c1-16(2,9-15(18)19)11-7-14(21-10-5-4-6-10)13(20-3)8-12(11)17/h7-8,10H,4-6,9H2,1-3H3,(H,18,19). The van der Waals surface area contributed by atoms with Crippen molar-refractivity contribution < 1.29 is 19.4 Å². The Morgan fingerprint density at radius 2 is 2.05 bits per heavy atom. The topological polar surface area (TPSA) is 55.8 Å². The molecule has 116 valence electrons. The molecule has 1 aromatic carbocycles. The molecule has 0 atom stereocenters. The van der Waals surface area contributed by atoms with E-state index in [9.17, 15) is 4.79 Å². The Morgan fingerprint density at radius 1 is 1.38 bits per heavy atom. The molecule has 0 amide bonds. The van der Waals surface area contributed by atoms with Crippen molar-refractivity contribution in [1.29, 1.82) is 0 Å². The van der Waals surface area contributed by atoms with Crippen LogP contribution < -0.4 is 9.47 Å². The highest BCUT2D eigenvalue weighted by molar-refractivity contribution is 9.10. The lowest BCUT2D eigenvalue weighted by atomic mass is 9.81. The monoisotopic (exact) mass is 356 g/mol. The van der Waals surface area contributed by atoms with Crippen LogP contribution in [0.2, 0.25) is 0 Å². The largest absolute Gasteiger partial charge is 0.493 e. The van der Waals surface area contributed by atoms with Gasteiger partial charge in [0.2, 0.25) is 0 Å². The lowest BCUT2D eigenvalue weighted by Crippen LogP contribution is -2.26. The fourth-order valence-electron chi connectivity index (χ4n) is 2.45. The first kappa shape index (κ1) is 16.1. The molecule has 0 radical (unpaired) electrons. The molecule has 0 saturated heterocycles. The van der Waals surface area contributed by atoms with Crippen molar-refractivity contribution in [2.75, 3.05) is 7.11 Å². The SMILES string of the molecule is COc1cc(Br)c(C(C)(C)CC(=O)O)cc1OC1CCC1. The summed E-state index contributed by atoms with van der Waals surface area (Å²) in [6.45, 7) is 3.83. The molecule has 21 heavy (non-hydrogen) atoms. The Labute approximate surface area is 133 Å². The zero-order chi connectivity index (χ0) is 15.6. The van der Waals surface area contributed by atoms with Crippen LogP contribution in [0, 0.1) is 0 Å². The third kappa shape index (κ3) is 3.70. The number of halogens is 1. The number of rotatable bonds is 6. The Morgan fingerprint density at radius 3 is 2.52 bits per heavy atom. The van der Waals surface area contributed by atoms with Gasteiger partial charge in [0.15, 0.2) is 11.5 Å². The van der Waals surface area contributed by atoms with Crippen molar-refractivity contribution in [2.45, 2.75) is 51.0 Å². The Balaban J connectivity index is 2.36. The van der Waals surface area contributed by atoms with Crippen molar-refractivity contribution in [3.05, 3.63) is 22.2 Å². The van der Waals surface area contributed by atoms with E-state index in [4.69, 9.17) is 14.6 Å². The van der Waals surface area contributed by atoms with Crippen molar-refractivity contribution >= 4 is 21.9 Å². The lowest BCUT2D eigenvalue weighted by molar-refractivity contribution is -0.138. The summed E-state index contributed by atoms with van der Waals surface area (Å²) in [5.74, 6) is 0.548.